The predicted molar refractivity (Wildman–Crippen MR) is 92.5 cm³/mol. The van der Waals surface area contributed by atoms with Gasteiger partial charge in [-0.1, -0.05) is 54.1 Å². The van der Waals surface area contributed by atoms with E-state index in [-0.39, 0.29) is 5.41 Å². The van der Waals surface area contributed by atoms with Crippen LogP contribution in [0.1, 0.15) is 48.0 Å². The van der Waals surface area contributed by atoms with E-state index in [1.54, 1.807) is 5.57 Å². The monoisotopic (exact) mass is 300 g/mol. The third-order valence-electron chi connectivity index (χ3n) is 6.29. The van der Waals surface area contributed by atoms with Gasteiger partial charge in [-0.25, -0.2) is 0 Å². The summed E-state index contributed by atoms with van der Waals surface area (Å²) in [5.41, 5.74) is 6.67. The molecule has 0 heterocycles. The largest absolute Gasteiger partial charge is 0.294 e. The Morgan fingerprint density at radius 1 is 1.00 bits per heavy atom. The first kappa shape index (κ1) is 13.3. The van der Waals surface area contributed by atoms with Crippen LogP contribution < -0.4 is 0 Å². The van der Waals surface area contributed by atoms with Crippen LogP contribution in [-0.4, -0.2) is 5.78 Å². The van der Waals surface area contributed by atoms with Crippen molar-refractivity contribution in [3.05, 3.63) is 71.3 Å². The topological polar surface area (TPSA) is 17.1 Å². The smallest absolute Gasteiger partial charge is 0.163 e. The third kappa shape index (κ3) is 1.83. The summed E-state index contributed by atoms with van der Waals surface area (Å²) in [6, 6.07) is 17.1. The molecule has 3 aliphatic carbocycles. The van der Waals surface area contributed by atoms with Crippen molar-refractivity contribution in [1.29, 1.82) is 0 Å². The molecule has 0 radical (unpaired) electrons. The molecule has 0 N–H and O–H groups in total. The molecule has 1 heteroatoms. The highest BCUT2D eigenvalue weighted by molar-refractivity contribution is 6.00. The number of hydrogen-bond donors (Lipinski definition) is 0. The Morgan fingerprint density at radius 2 is 1.87 bits per heavy atom. The van der Waals surface area contributed by atoms with Crippen LogP contribution in [0.3, 0.4) is 0 Å². The predicted octanol–water partition coefficient (Wildman–Crippen LogP) is 5.31. The van der Waals surface area contributed by atoms with Gasteiger partial charge < -0.3 is 0 Å². The number of ketones is 1. The van der Waals surface area contributed by atoms with Gasteiger partial charge in [-0.3, -0.25) is 4.79 Å². The van der Waals surface area contributed by atoms with Crippen LogP contribution in [-0.2, 0) is 5.41 Å². The SMILES string of the molecule is O=C1CCC2(CC3=CCC2C3)c2cc(-c3ccccc3)ccc21. The van der Waals surface area contributed by atoms with E-state index >= 15 is 0 Å². The second-order valence-corrected chi connectivity index (χ2v) is 7.38. The molecular weight excluding hydrogens is 280 g/mol. The van der Waals surface area contributed by atoms with Gasteiger partial charge in [0, 0.05) is 17.4 Å². The summed E-state index contributed by atoms with van der Waals surface area (Å²) in [5, 5.41) is 0. The van der Waals surface area contributed by atoms with Crippen molar-refractivity contribution in [1.82, 2.24) is 0 Å². The van der Waals surface area contributed by atoms with E-state index in [2.05, 4.69) is 54.6 Å². The third-order valence-corrected chi connectivity index (χ3v) is 6.29. The minimum absolute atomic E-state index is 0.234. The molecule has 0 aromatic heterocycles. The Labute approximate surface area is 137 Å². The van der Waals surface area contributed by atoms with Crippen molar-refractivity contribution in [3.63, 3.8) is 0 Å². The number of carbonyl (C=O) groups excluding carboxylic acids is 1. The first-order chi connectivity index (χ1) is 11.3. The summed E-state index contributed by atoms with van der Waals surface area (Å²) in [4.78, 5) is 12.5. The molecule has 1 spiro atoms. The van der Waals surface area contributed by atoms with Gasteiger partial charge in [-0.15, -0.1) is 0 Å². The summed E-state index contributed by atoms with van der Waals surface area (Å²) in [7, 11) is 0. The average Bonchev–Trinajstić information content (AvgIpc) is 3.21. The van der Waals surface area contributed by atoms with E-state index in [9.17, 15) is 4.79 Å². The van der Waals surface area contributed by atoms with Crippen molar-refractivity contribution >= 4 is 5.78 Å². The van der Waals surface area contributed by atoms with E-state index in [4.69, 9.17) is 0 Å². The number of Topliss-reactive ketones (excluding diaryl/α,β-unsaturated/α-hetero) is 1. The molecule has 2 aromatic carbocycles. The Bertz CT molecular complexity index is 830. The fraction of sp³-hybridized carbons (Fsp3) is 0.318. The maximum atomic E-state index is 12.5. The number of hydrogen-bond acceptors (Lipinski definition) is 1. The van der Waals surface area contributed by atoms with Gasteiger partial charge in [0.25, 0.3) is 0 Å². The average molecular weight is 300 g/mol. The first-order valence-electron chi connectivity index (χ1n) is 8.67. The summed E-state index contributed by atoms with van der Waals surface area (Å²) in [6.45, 7) is 0. The van der Waals surface area contributed by atoms with Gasteiger partial charge in [-0.05, 0) is 54.4 Å². The zero-order chi connectivity index (χ0) is 15.4. The summed E-state index contributed by atoms with van der Waals surface area (Å²) in [6.07, 6.45) is 7.84. The Hall–Kier alpha value is -2.15. The minimum atomic E-state index is 0.234. The van der Waals surface area contributed by atoms with Crippen LogP contribution in [0.5, 0.6) is 0 Å². The molecule has 2 aromatic rings. The van der Waals surface area contributed by atoms with E-state index in [0.29, 0.717) is 5.78 Å². The molecule has 5 rings (SSSR count). The zero-order valence-corrected chi connectivity index (χ0v) is 13.2. The van der Waals surface area contributed by atoms with Crippen LogP contribution in [0.15, 0.2) is 60.2 Å². The molecule has 2 unspecified atom stereocenters. The molecule has 2 atom stereocenters. The van der Waals surface area contributed by atoms with E-state index in [0.717, 1.165) is 24.3 Å². The lowest BCUT2D eigenvalue weighted by atomic mass is 9.62. The molecule has 2 bridgehead atoms. The lowest BCUT2D eigenvalue weighted by Crippen LogP contribution is -2.37. The highest BCUT2D eigenvalue weighted by atomic mass is 16.1. The maximum absolute atomic E-state index is 12.5. The van der Waals surface area contributed by atoms with Gasteiger partial charge in [0.2, 0.25) is 0 Å². The molecule has 0 amide bonds. The molecular formula is C22H20O. The fourth-order valence-electron chi connectivity index (χ4n) is 5.13. The van der Waals surface area contributed by atoms with Crippen molar-refractivity contribution in [3.8, 4) is 11.1 Å². The Balaban J connectivity index is 1.70. The van der Waals surface area contributed by atoms with Crippen LogP contribution >= 0.6 is 0 Å². The van der Waals surface area contributed by atoms with Crippen LogP contribution in [0, 0.1) is 5.92 Å². The van der Waals surface area contributed by atoms with Crippen molar-refractivity contribution in [2.45, 2.75) is 37.5 Å². The molecule has 0 aliphatic heterocycles. The standard InChI is InChI=1S/C22H20O/c23-21-10-11-22(14-15-6-8-18(22)12-15)20-13-17(7-9-19(20)21)16-4-2-1-3-5-16/h1-7,9,13,18H,8,10-12,14H2. The number of allylic oxidation sites excluding steroid dienone is 2. The lowest BCUT2D eigenvalue weighted by molar-refractivity contribution is 0.0939. The van der Waals surface area contributed by atoms with Crippen LogP contribution in [0.4, 0.5) is 0 Å². The molecule has 1 nitrogen and oxygen atoms in total. The normalized spacial score (nSPS) is 28.1. The van der Waals surface area contributed by atoms with Gasteiger partial charge in [0.05, 0.1) is 0 Å². The number of fused-ring (bicyclic) bond motifs is 5. The van der Waals surface area contributed by atoms with E-state index in [1.807, 2.05) is 0 Å². The molecule has 0 saturated heterocycles. The van der Waals surface area contributed by atoms with Gasteiger partial charge in [0.15, 0.2) is 5.78 Å². The molecule has 1 saturated carbocycles. The minimum Gasteiger partial charge on any atom is -0.294 e. The highest BCUT2D eigenvalue weighted by Gasteiger charge is 2.51. The van der Waals surface area contributed by atoms with Gasteiger partial charge in [-0.2, -0.15) is 0 Å². The van der Waals surface area contributed by atoms with Gasteiger partial charge in [0.1, 0.15) is 0 Å². The first-order valence-corrected chi connectivity index (χ1v) is 8.67. The maximum Gasteiger partial charge on any atom is 0.163 e. The summed E-state index contributed by atoms with van der Waals surface area (Å²) >= 11 is 0. The van der Waals surface area contributed by atoms with Crippen LogP contribution in [0.2, 0.25) is 0 Å². The van der Waals surface area contributed by atoms with E-state index < -0.39 is 0 Å². The molecule has 1 fully saturated rings. The molecule has 3 aliphatic rings. The van der Waals surface area contributed by atoms with E-state index in [1.165, 1.54) is 36.0 Å². The van der Waals surface area contributed by atoms with Gasteiger partial charge >= 0.3 is 0 Å². The Kier molecular flexibility index (Phi) is 2.70. The highest BCUT2D eigenvalue weighted by Crippen LogP contribution is 2.58. The second-order valence-electron chi connectivity index (χ2n) is 7.38. The van der Waals surface area contributed by atoms with Crippen LogP contribution in [0.25, 0.3) is 11.1 Å². The van der Waals surface area contributed by atoms with Crippen molar-refractivity contribution in [2.75, 3.05) is 0 Å². The zero-order valence-electron chi connectivity index (χ0n) is 13.2. The quantitative estimate of drug-likeness (QED) is 0.652. The number of benzene rings is 2. The number of rotatable bonds is 1. The molecule has 23 heavy (non-hydrogen) atoms. The second kappa shape index (κ2) is 4.67. The Morgan fingerprint density at radius 3 is 2.61 bits per heavy atom. The lowest BCUT2D eigenvalue weighted by Gasteiger charge is -2.41. The summed E-state index contributed by atoms with van der Waals surface area (Å²) in [5.74, 6) is 1.05. The van der Waals surface area contributed by atoms with Crippen molar-refractivity contribution < 1.29 is 4.79 Å². The molecule has 114 valence electrons. The summed E-state index contributed by atoms with van der Waals surface area (Å²) < 4.78 is 0. The van der Waals surface area contributed by atoms with Crippen molar-refractivity contribution in [2.24, 2.45) is 5.92 Å². The fourth-order valence-corrected chi connectivity index (χ4v) is 5.13. The number of carbonyl (C=O) groups is 1.